The van der Waals surface area contributed by atoms with Gasteiger partial charge < -0.3 is 15.7 Å². The van der Waals surface area contributed by atoms with Crippen LogP contribution in [0.4, 0.5) is 15.9 Å². The van der Waals surface area contributed by atoms with Crippen LogP contribution >= 0.6 is 0 Å². The minimum atomic E-state index is -3.74. The summed E-state index contributed by atoms with van der Waals surface area (Å²) in [6.45, 7) is 0.574. The van der Waals surface area contributed by atoms with Crippen LogP contribution in [-0.2, 0) is 16.6 Å². The van der Waals surface area contributed by atoms with Crippen LogP contribution in [-0.4, -0.2) is 48.7 Å². The predicted octanol–water partition coefficient (Wildman–Crippen LogP) is 2.77. The van der Waals surface area contributed by atoms with Crippen LogP contribution < -0.4 is 14.9 Å². The van der Waals surface area contributed by atoms with Crippen LogP contribution in [0, 0.1) is 5.82 Å². The number of rotatable bonds is 0. The summed E-state index contributed by atoms with van der Waals surface area (Å²) in [6, 6.07) is 7.41. The highest BCUT2D eigenvalue weighted by Crippen LogP contribution is 2.33. The molecule has 0 fully saturated rings. The topological polar surface area (TPSA) is 125 Å². The molecular formula is C22H24FN5O4S. The van der Waals surface area contributed by atoms with E-state index in [2.05, 4.69) is 20.6 Å². The number of nitrogens with one attached hydrogen (secondary N) is 2. The fraction of sp³-hybridized carbons (Fsp3) is 0.318. The summed E-state index contributed by atoms with van der Waals surface area (Å²) in [5.74, 6) is -1.68. The highest BCUT2D eigenvalue weighted by Gasteiger charge is 2.26. The van der Waals surface area contributed by atoms with E-state index in [0.717, 1.165) is 4.31 Å². The summed E-state index contributed by atoms with van der Waals surface area (Å²) >= 11 is 0. The Bertz CT molecular complexity index is 1320. The lowest BCUT2D eigenvalue weighted by atomic mass is 10.1. The number of fused-ring (bicyclic) bond motifs is 5. The third kappa shape index (κ3) is 4.68. The van der Waals surface area contributed by atoms with Gasteiger partial charge in [-0.05, 0) is 42.7 Å². The second-order valence-corrected chi connectivity index (χ2v) is 9.91. The number of carbonyl (C=O) groups is 1. The van der Waals surface area contributed by atoms with Crippen molar-refractivity contribution in [2.24, 2.45) is 0 Å². The lowest BCUT2D eigenvalue weighted by Gasteiger charge is -2.21. The monoisotopic (exact) mass is 473 g/mol. The molecule has 0 saturated heterocycles. The quantitative estimate of drug-likeness (QED) is 0.459. The minimum Gasteiger partial charge on any atom is -0.504 e. The maximum absolute atomic E-state index is 13.8. The first-order valence-corrected chi connectivity index (χ1v) is 12.1. The molecule has 0 saturated carbocycles. The van der Waals surface area contributed by atoms with Gasteiger partial charge in [-0.1, -0.05) is 12.5 Å². The van der Waals surface area contributed by atoms with E-state index in [1.165, 1.54) is 25.4 Å². The fourth-order valence-electron chi connectivity index (χ4n) is 3.71. The highest BCUT2D eigenvalue weighted by molar-refractivity contribution is 7.92. The molecule has 0 spiro atoms. The molecule has 3 aromatic rings. The van der Waals surface area contributed by atoms with Crippen LogP contribution in [0.5, 0.6) is 5.75 Å². The Hall–Kier alpha value is -3.47. The molecule has 0 unspecified atom stereocenters. The standard InChI is InChI=1S/C22H24FN5O4S/c1-28-21-16-6-5-10-25-18(16)20(29)19(27-21)22(30)26-13-14-7-8-15(23)12-17(14)24-9-3-2-4-11-33(28,31)32/h5-8,10,12,24,29H,2-4,9,11,13H2,1H3,(H,26,30). The summed E-state index contributed by atoms with van der Waals surface area (Å²) in [7, 11) is -2.37. The number of anilines is 2. The molecule has 174 valence electrons. The van der Waals surface area contributed by atoms with Crippen molar-refractivity contribution in [3.63, 3.8) is 0 Å². The van der Waals surface area contributed by atoms with Gasteiger partial charge in [0.1, 0.15) is 11.3 Å². The Morgan fingerprint density at radius 2 is 1.97 bits per heavy atom. The summed E-state index contributed by atoms with van der Waals surface area (Å²) < 4.78 is 40.7. The zero-order chi connectivity index (χ0) is 23.6. The summed E-state index contributed by atoms with van der Waals surface area (Å²) in [6.07, 6.45) is 3.20. The Morgan fingerprint density at radius 1 is 1.15 bits per heavy atom. The van der Waals surface area contributed by atoms with Gasteiger partial charge in [-0.25, -0.2) is 17.8 Å². The van der Waals surface area contributed by atoms with Crippen LogP contribution in [0.2, 0.25) is 0 Å². The van der Waals surface area contributed by atoms with E-state index in [1.807, 2.05) is 0 Å². The molecular weight excluding hydrogens is 449 g/mol. The predicted molar refractivity (Wildman–Crippen MR) is 123 cm³/mol. The van der Waals surface area contributed by atoms with Crippen molar-refractivity contribution >= 4 is 38.3 Å². The van der Waals surface area contributed by atoms with Crippen molar-refractivity contribution in [2.45, 2.75) is 25.8 Å². The molecule has 33 heavy (non-hydrogen) atoms. The number of aromatic hydroxyl groups is 1. The molecule has 1 aliphatic rings. The number of halogens is 1. The van der Waals surface area contributed by atoms with E-state index in [1.54, 1.807) is 18.2 Å². The molecule has 2 bridgehead atoms. The van der Waals surface area contributed by atoms with Gasteiger partial charge in [-0.2, -0.15) is 0 Å². The van der Waals surface area contributed by atoms with Gasteiger partial charge in [0.05, 0.1) is 5.75 Å². The number of aromatic nitrogens is 2. The normalized spacial score (nSPS) is 17.2. The van der Waals surface area contributed by atoms with Crippen molar-refractivity contribution in [1.82, 2.24) is 15.3 Å². The molecule has 0 radical (unpaired) electrons. The van der Waals surface area contributed by atoms with Crippen molar-refractivity contribution in [2.75, 3.05) is 29.0 Å². The average molecular weight is 474 g/mol. The first-order valence-electron chi connectivity index (χ1n) is 10.5. The molecule has 1 aliphatic heterocycles. The molecule has 11 heteroatoms. The lowest BCUT2D eigenvalue weighted by molar-refractivity contribution is 0.0943. The highest BCUT2D eigenvalue weighted by atomic mass is 32.2. The van der Waals surface area contributed by atoms with Crippen molar-refractivity contribution in [3.05, 3.63) is 53.6 Å². The molecule has 3 N–H and O–H groups in total. The molecule has 4 rings (SSSR count). The zero-order valence-electron chi connectivity index (χ0n) is 18.0. The van der Waals surface area contributed by atoms with Crippen LogP contribution in [0.25, 0.3) is 10.9 Å². The summed E-state index contributed by atoms with van der Waals surface area (Å²) in [5.41, 5.74) is 0.921. The lowest BCUT2D eigenvalue weighted by Crippen LogP contribution is -2.31. The Balaban J connectivity index is 1.81. The number of hydrogen-bond acceptors (Lipinski definition) is 7. The van der Waals surface area contributed by atoms with Gasteiger partial charge in [-0.3, -0.25) is 14.1 Å². The third-order valence-electron chi connectivity index (χ3n) is 5.55. The van der Waals surface area contributed by atoms with E-state index in [-0.39, 0.29) is 29.3 Å². The number of hydrogen-bond donors (Lipinski definition) is 3. The Labute approximate surface area is 190 Å². The first-order chi connectivity index (χ1) is 15.8. The number of sulfonamides is 1. The molecule has 2 aromatic heterocycles. The average Bonchev–Trinajstić information content (AvgIpc) is 2.80. The van der Waals surface area contributed by atoms with E-state index < -0.39 is 27.5 Å². The minimum absolute atomic E-state index is 0.0114. The van der Waals surface area contributed by atoms with E-state index in [0.29, 0.717) is 42.4 Å². The maximum atomic E-state index is 13.8. The van der Waals surface area contributed by atoms with Crippen LogP contribution in [0.15, 0.2) is 36.5 Å². The number of amides is 1. The second kappa shape index (κ2) is 9.18. The molecule has 1 aromatic carbocycles. The van der Waals surface area contributed by atoms with Crippen molar-refractivity contribution < 1.29 is 22.7 Å². The van der Waals surface area contributed by atoms with Gasteiger partial charge >= 0.3 is 0 Å². The SMILES string of the molecule is CN1c2nc(c(O)c3ncccc23)C(=O)NCc2ccc(F)cc2NCCCCCS1(=O)=O. The number of nitrogens with zero attached hydrogens (tertiary/aromatic N) is 3. The largest absolute Gasteiger partial charge is 0.504 e. The van der Waals surface area contributed by atoms with Crippen molar-refractivity contribution in [3.8, 4) is 5.75 Å². The maximum Gasteiger partial charge on any atom is 0.274 e. The fourth-order valence-corrected chi connectivity index (χ4v) is 4.95. The summed E-state index contributed by atoms with van der Waals surface area (Å²) in [4.78, 5) is 21.3. The van der Waals surface area contributed by atoms with E-state index >= 15 is 0 Å². The smallest absolute Gasteiger partial charge is 0.274 e. The summed E-state index contributed by atoms with van der Waals surface area (Å²) in [5, 5.41) is 16.8. The molecule has 3 heterocycles. The molecule has 1 amide bonds. The molecule has 0 atom stereocenters. The van der Waals surface area contributed by atoms with Crippen molar-refractivity contribution in [1.29, 1.82) is 0 Å². The van der Waals surface area contributed by atoms with Gasteiger partial charge in [0.25, 0.3) is 5.91 Å². The van der Waals surface area contributed by atoms with Crippen LogP contribution in [0.3, 0.4) is 0 Å². The first kappa shape index (κ1) is 22.7. The Kier molecular flexibility index (Phi) is 6.32. The van der Waals surface area contributed by atoms with E-state index in [4.69, 9.17) is 0 Å². The zero-order valence-corrected chi connectivity index (χ0v) is 18.8. The van der Waals surface area contributed by atoms with Crippen LogP contribution in [0.1, 0.15) is 35.3 Å². The third-order valence-corrected chi connectivity index (χ3v) is 7.36. The van der Waals surface area contributed by atoms with Gasteiger partial charge in [0, 0.05) is 37.4 Å². The molecule has 0 aliphatic carbocycles. The van der Waals surface area contributed by atoms with Gasteiger partial charge in [0.15, 0.2) is 17.3 Å². The second-order valence-electron chi connectivity index (χ2n) is 7.79. The van der Waals surface area contributed by atoms with Gasteiger partial charge in [0.2, 0.25) is 10.0 Å². The Morgan fingerprint density at radius 3 is 2.79 bits per heavy atom. The van der Waals surface area contributed by atoms with E-state index in [9.17, 15) is 22.7 Å². The number of benzene rings is 1. The number of pyridine rings is 2. The van der Waals surface area contributed by atoms with Gasteiger partial charge in [-0.15, -0.1) is 0 Å². The molecule has 9 nitrogen and oxygen atoms in total. The number of carbonyl (C=O) groups excluding carboxylic acids is 1.